The topological polar surface area (TPSA) is 43.4 Å². The van der Waals surface area contributed by atoms with Crippen molar-refractivity contribution in [1.82, 2.24) is 0 Å². The molecule has 2 fully saturated rings. The zero-order chi connectivity index (χ0) is 10.9. The van der Waals surface area contributed by atoms with Crippen molar-refractivity contribution in [2.24, 2.45) is 5.92 Å². The maximum atomic E-state index is 11.4. The second kappa shape index (κ2) is 4.03. The van der Waals surface area contributed by atoms with Gasteiger partial charge in [0.2, 0.25) is 0 Å². The number of ether oxygens (including phenoxy) is 1. The van der Waals surface area contributed by atoms with Crippen LogP contribution in [0.25, 0.3) is 0 Å². The van der Waals surface area contributed by atoms with Crippen LogP contribution in [0, 0.1) is 5.92 Å². The molecule has 88 valence electrons. The lowest BCUT2D eigenvalue weighted by Gasteiger charge is -2.41. The minimum Gasteiger partial charge on any atom is -0.375 e. The summed E-state index contributed by atoms with van der Waals surface area (Å²) in [7, 11) is -2.74. The number of nitrogens with zero attached hydrogens (tertiary/aromatic N) is 1. The normalized spacial score (nSPS) is 34.9. The van der Waals surface area contributed by atoms with Gasteiger partial charge in [0.15, 0.2) is 9.84 Å². The summed E-state index contributed by atoms with van der Waals surface area (Å²) in [5, 5.41) is 0. The summed E-state index contributed by atoms with van der Waals surface area (Å²) in [6, 6.07) is 0. The van der Waals surface area contributed by atoms with Crippen LogP contribution in [0.2, 0.25) is 0 Å². The largest absolute Gasteiger partial charge is 0.375 e. The second-order valence-electron chi connectivity index (χ2n) is 5.03. The first-order chi connectivity index (χ1) is 7.02. The number of rotatable bonds is 0. The standard InChI is InChI=1S/C10H20NO3S/c1-10-8-11(2-5-14-9-10)3-6-15(12,13)7-4-11/h10H,2-9H2,1H3/q+1. The Labute approximate surface area is 91.7 Å². The molecule has 0 radical (unpaired) electrons. The summed E-state index contributed by atoms with van der Waals surface area (Å²) < 4.78 is 29.3. The van der Waals surface area contributed by atoms with Gasteiger partial charge in [-0.25, -0.2) is 8.42 Å². The first kappa shape index (κ1) is 11.4. The number of sulfone groups is 1. The van der Waals surface area contributed by atoms with Crippen LogP contribution in [-0.4, -0.2) is 63.8 Å². The minimum atomic E-state index is -2.74. The Morgan fingerprint density at radius 3 is 2.53 bits per heavy atom. The molecule has 0 aliphatic carbocycles. The molecule has 2 heterocycles. The molecule has 0 aromatic heterocycles. The summed E-state index contributed by atoms with van der Waals surface area (Å²) in [5.74, 6) is 1.27. The van der Waals surface area contributed by atoms with Gasteiger partial charge in [0.05, 0.1) is 44.4 Å². The van der Waals surface area contributed by atoms with E-state index in [0.717, 1.165) is 43.9 Å². The average molecular weight is 234 g/mol. The van der Waals surface area contributed by atoms with E-state index in [1.165, 1.54) is 0 Å². The number of hydrogen-bond acceptors (Lipinski definition) is 3. The summed E-state index contributed by atoms with van der Waals surface area (Å²) in [5.41, 5.74) is 0. The van der Waals surface area contributed by atoms with Gasteiger partial charge in [-0.05, 0) is 0 Å². The van der Waals surface area contributed by atoms with E-state index >= 15 is 0 Å². The van der Waals surface area contributed by atoms with Gasteiger partial charge in [-0.15, -0.1) is 0 Å². The zero-order valence-corrected chi connectivity index (χ0v) is 10.1. The van der Waals surface area contributed by atoms with Crippen LogP contribution >= 0.6 is 0 Å². The van der Waals surface area contributed by atoms with Crippen molar-refractivity contribution in [1.29, 1.82) is 0 Å². The van der Waals surface area contributed by atoms with Crippen LogP contribution < -0.4 is 0 Å². The fraction of sp³-hybridized carbons (Fsp3) is 1.00. The summed E-state index contributed by atoms with van der Waals surface area (Å²) in [4.78, 5) is 0. The molecule has 1 spiro atoms. The van der Waals surface area contributed by atoms with Gasteiger partial charge in [0.1, 0.15) is 6.54 Å². The second-order valence-corrected chi connectivity index (χ2v) is 7.33. The quantitative estimate of drug-likeness (QED) is 0.550. The van der Waals surface area contributed by atoms with E-state index in [2.05, 4.69) is 6.92 Å². The van der Waals surface area contributed by atoms with Gasteiger partial charge in [0.25, 0.3) is 0 Å². The molecular formula is C10H20NO3S+. The maximum Gasteiger partial charge on any atom is 0.161 e. The Bertz CT molecular complexity index is 312. The van der Waals surface area contributed by atoms with Gasteiger partial charge in [-0.1, -0.05) is 6.92 Å². The van der Waals surface area contributed by atoms with Gasteiger partial charge < -0.3 is 9.22 Å². The van der Waals surface area contributed by atoms with Gasteiger partial charge in [-0.2, -0.15) is 0 Å². The van der Waals surface area contributed by atoms with Crippen LogP contribution in [0.5, 0.6) is 0 Å². The van der Waals surface area contributed by atoms with Crippen LogP contribution in [0.4, 0.5) is 0 Å². The van der Waals surface area contributed by atoms with Gasteiger partial charge in [-0.3, -0.25) is 0 Å². The Balaban J connectivity index is 2.07. The molecule has 0 aromatic rings. The molecule has 2 aliphatic rings. The van der Waals surface area contributed by atoms with Crippen molar-refractivity contribution in [2.45, 2.75) is 6.92 Å². The average Bonchev–Trinajstić information content (AvgIpc) is 2.35. The molecule has 1 atom stereocenters. The fourth-order valence-electron chi connectivity index (χ4n) is 2.63. The molecule has 1 unspecified atom stereocenters. The Kier molecular flexibility index (Phi) is 3.05. The zero-order valence-electron chi connectivity index (χ0n) is 9.31. The molecule has 0 bridgehead atoms. The lowest BCUT2D eigenvalue weighted by atomic mass is 10.1. The first-order valence-corrected chi connectivity index (χ1v) is 7.47. The lowest BCUT2D eigenvalue weighted by Crippen LogP contribution is -2.58. The highest BCUT2D eigenvalue weighted by molar-refractivity contribution is 7.91. The summed E-state index contributed by atoms with van der Waals surface area (Å²) in [6.45, 7) is 7.44. The van der Waals surface area contributed by atoms with E-state index in [4.69, 9.17) is 4.74 Å². The van der Waals surface area contributed by atoms with Gasteiger partial charge in [0, 0.05) is 5.92 Å². The Hall–Kier alpha value is -0.130. The van der Waals surface area contributed by atoms with Crippen molar-refractivity contribution < 1.29 is 17.6 Å². The van der Waals surface area contributed by atoms with Crippen molar-refractivity contribution in [3.8, 4) is 0 Å². The predicted octanol–water partition coefficient (Wildman–Crippen LogP) is -0.102. The Morgan fingerprint density at radius 1 is 1.20 bits per heavy atom. The first-order valence-electron chi connectivity index (χ1n) is 5.65. The van der Waals surface area contributed by atoms with Crippen molar-refractivity contribution in [3.05, 3.63) is 0 Å². The molecule has 4 nitrogen and oxygen atoms in total. The van der Waals surface area contributed by atoms with Crippen molar-refractivity contribution in [2.75, 3.05) is 50.9 Å². The highest BCUT2D eigenvalue weighted by Gasteiger charge is 2.38. The third kappa shape index (κ3) is 2.71. The SMILES string of the molecule is CC1COCC[N+]2(CCS(=O)(=O)CC2)C1. The summed E-state index contributed by atoms with van der Waals surface area (Å²) in [6.07, 6.45) is 0. The predicted molar refractivity (Wildman–Crippen MR) is 58.4 cm³/mol. The molecule has 5 heteroatoms. The lowest BCUT2D eigenvalue weighted by molar-refractivity contribution is -0.926. The van der Waals surface area contributed by atoms with Crippen molar-refractivity contribution in [3.63, 3.8) is 0 Å². The minimum absolute atomic E-state index is 0.361. The van der Waals surface area contributed by atoms with E-state index in [-0.39, 0.29) is 0 Å². The molecule has 15 heavy (non-hydrogen) atoms. The highest BCUT2D eigenvalue weighted by Crippen LogP contribution is 2.20. The molecule has 2 saturated heterocycles. The third-order valence-corrected chi connectivity index (χ3v) is 5.17. The van der Waals surface area contributed by atoms with Crippen LogP contribution in [-0.2, 0) is 14.6 Å². The molecular weight excluding hydrogens is 214 g/mol. The number of hydrogen-bond donors (Lipinski definition) is 0. The van der Waals surface area contributed by atoms with Crippen LogP contribution in [0.3, 0.4) is 0 Å². The monoisotopic (exact) mass is 234 g/mol. The van der Waals surface area contributed by atoms with E-state index in [9.17, 15) is 8.42 Å². The molecule has 0 N–H and O–H groups in total. The fourth-order valence-corrected chi connectivity index (χ4v) is 4.17. The Morgan fingerprint density at radius 2 is 1.87 bits per heavy atom. The third-order valence-electron chi connectivity index (χ3n) is 3.56. The number of quaternary nitrogens is 1. The molecule has 2 aliphatic heterocycles. The molecule has 2 rings (SSSR count). The molecule has 0 saturated carbocycles. The van der Waals surface area contributed by atoms with E-state index in [1.54, 1.807) is 0 Å². The van der Waals surface area contributed by atoms with Crippen molar-refractivity contribution >= 4 is 9.84 Å². The van der Waals surface area contributed by atoms with Gasteiger partial charge >= 0.3 is 0 Å². The smallest absolute Gasteiger partial charge is 0.161 e. The van der Waals surface area contributed by atoms with E-state index < -0.39 is 9.84 Å². The van der Waals surface area contributed by atoms with Crippen LogP contribution in [0.1, 0.15) is 6.92 Å². The van der Waals surface area contributed by atoms with E-state index in [0.29, 0.717) is 17.4 Å². The van der Waals surface area contributed by atoms with Crippen LogP contribution in [0.15, 0.2) is 0 Å². The molecule has 0 amide bonds. The van der Waals surface area contributed by atoms with E-state index in [1.807, 2.05) is 0 Å². The maximum absolute atomic E-state index is 11.4. The summed E-state index contributed by atoms with van der Waals surface area (Å²) >= 11 is 0. The molecule has 0 aromatic carbocycles. The highest BCUT2D eigenvalue weighted by atomic mass is 32.2.